The lowest BCUT2D eigenvalue weighted by Gasteiger charge is -2.22. The van der Waals surface area contributed by atoms with Gasteiger partial charge in [0.15, 0.2) is 0 Å². The third-order valence-electron chi connectivity index (χ3n) is 3.57. The summed E-state index contributed by atoms with van der Waals surface area (Å²) in [6.07, 6.45) is 4.89. The molecule has 1 aromatic heterocycles. The number of carbonyl (C=O) groups is 1. The summed E-state index contributed by atoms with van der Waals surface area (Å²) >= 11 is 0. The minimum absolute atomic E-state index is 0. The molecular formula is C15H19ClN4O. The molecule has 0 spiro atoms. The number of aromatic amines is 1. The minimum atomic E-state index is -0.0699. The molecule has 2 aromatic rings. The molecule has 0 saturated carbocycles. The number of benzene rings is 1. The molecule has 1 fully saturated rings. The van der Waals surface area contributed by atoms with E-state index in [4.69, 9.17) is 0 Å². The fourth-order valence-corrected chi connectivity index (χ4v) is 2.49. The van der Waals surface area contributed by atoms with E-state index in [1.54, 1.807) is 6.20 Å². The Bertz CT molecular complexity index is 579. The second kappa shape index (κ2) is 7.24. The third-order valence-corrected chi connectivity index (χ3v) is 3.57. The smallest absolute Gasteiger partial charge is 0.241 e. The minimum Gasteiger partial charge on any atom is -0.325 e. The number of aromatic nitrogens is 2. The van der Waals surface area contributed by atoms with E-state index < -0.39 is 0 Å². The van der Waals surface area contributed by atoms with Gasteiger partial charge in [-0.05, 0) is 37.6 Å². The van der Waals surface area contributed by atoms with E-state index in [2.05, 4.69) is 20.8 Å². The van der Waals surface area contributed by atoms with Gasteiger partial charge < -0.3 is 10.6 Å². The van der Waals surface area contributed by atoms with Crippen molar-refractivity contribution in [3.63, 3.8) is 0 Å². The molecule has 1 atom stereocenters. The molecule has 5 nitrogen and oxygen atoms in total. The lowest BCUT2D eigenvalue weighted by atomic mass is 10.0. The van der Waals surface area contributed by atoms with Gasteiger partial charge in [-0.2, -0.15) is 5.10 Å². The number of nitrogens with zero attached hydrogens (tertiary/aromatic N) is 1. The monoisotopic (exact) mass is 306 g/mol. The van der Waals surface area contributed by atoms with Gasteiger partial charge in [0.1, 0.15) is 0 Å². The van der Waals surface area contributed by atoms with Crippen molar-refractivity contribution in [2.24, 2.45) is 0 Å². The molecular weight excluding hydrogens is 288 g/mol. The highest BCUT2D eigenvalue weighted by Gasteiger charge is 2.20. The molecule has 3 rings (SSSR count). The Morgan fingerprint density at radius 1 is 1.29 bits per heavy atom. The maximum atomic E-state index is 12.2. The molecule has 1 amide bonds. The van der Waals surface area contributed by atoms with E-state index in [-0.39, 0.29) is 24.4 Å². The number of carbonyl (C=O) groups excluding carboxylic acids is 1. The number of rotatable bonds is 3. The van der Waals surface area contributed by atoms with Crippen LogP contribution in [0.25, 0.3) is 11.3 Å². The van der Waals surface area contributed by atoms with E-state index in [1.165, 1.54) is 0 Å². The first-order valence-corrected chi connectivity index (χ1v) is 6.97. The van der Waals surface area contributed by atoms with Crippen molar-refractivity contribution in [2.75, 3.05) is 11.9 Å². The molecule has 1 saturated heterocycles. The SMILES string of the molecule is Cl.O=C(Nc1cccc(-c2ccn[nH]2)c1)C1CCCCN1. The Kier molecular flexibility index (Phi) is 5.36. The van der Waals surface area contributed by atoms with E-state index in [1.807, 2.05) is 30.3 Å². The second-order valence-electron chi connectivity index (χ2n) is 5.04. The summed E-state index contributed by atoms with van der Waals surface area (Å²) in [6.45, 7) is 0.923. The molecule has 0 radical (unpaired) electrons. The van der Waals surface area contributed by atoms with Crippen molar-refractivity contribution >= 4 is 24.0 Å². The highest BCUT2D eigenvalue weighted by atomic mass is 35.5. The number of nitrogens with one attached hydrogen (secondary N) is 3. The molecule has 1 aliphatic rings. The topological polar surface area (TPSA) is 69.8 Å². The fraction of sp³-hybridized carbons (Fsp3) is 0.333. The standard InChI is InChI=1S/C15H18N4O.ClH/c20-15(14-6-1-2-8-16-14)18-12-5-3-4-11(10-12)13-7-9-17-19-13;/h3-5,7,9-10,14,16H,1-2,6,8H2,(H,17,19)(H,18,20);1H. The van der Waals surface area contributed by atoms with Gasteiger partial charge >= 0.3 is 0 Å². The predicted octanol–water partition coefficient (Wildman–Crippen LogP) is 2.58. The third kappa shape index (κ3) is 3.83. The van der Waals surface area contributed by atoms with Crippen LogP contribution in [0.2, 0.25) is 0 Å². The van der Waals surface area contributed by atoms with E-state index in [0.29, 0.717) is 0 Å². The van der Waals surface area contributed by atoms with Crippen LogP contribution >= 0.6 is 12.4 Å². The quantitative estimate of drug-likeness (QED) is 0.816. The van der Waals surface area contributed by atoms with Crippen molar-refractivity contribution in [2.45, 2.75) is 25.3 Å². The van der Waals surface area contributed by atoms with Gasteiger partial charge in [-0.15, -0.1) is 12.4 Å². The van der Waals surface area contributed by atoms with Crippen LogP contribution in [0.4, 0.5) is 5.69 Å². The van der Waals surface area contributed by atoms with Gasteiger partial charge in [-0.3, -0.25) is 9.89 Å². The van der Waals surface area contributed by atoms with Crippen LogP contribution in [-0.2, 0) is 4.79 Å². The Hall–Kier alpha value is -1.85. The molecule has 3 N–H and O–H groups in total. The normalized spacial score (nSPS) is 17.8. The second-order valence-corrected chi connectivity index (χ2v) is 5.04. The zero-order chi connectivity index (χ0) is 13.8. The molecule has 0 bridgehead atoms. The van der Waals surface area contributed by atoms with Crippen LogP contribution in [0.5, 0.6) is 0 Å². The Morgan fingerprint density at radius 3 is 2.90 bits per heavy atom. The Morgan fingerprint density at radius 2 is 2.19 bits per heavy atom. The van der Waals surface area contributed by atoms with Crippen LogP contribution in [0.3, 0.4) is 0 Å². The van der Waals surface area contributed by atoms with Crippen LogP contribution in [0.15, 0.2) is 36.5 Å². The van der Waals surface area contributed by atoms with Crippen molar-refractivity contribution in [1.29, 1.82) is 0 Å². The lowest BCUT2D eigenvalue weighted by Crippen LogP contribution is -2.43. The van der Waals surface area contributed by atoms with Crippen LogP contribution < -0.4 is 10.6 Å². The van der Waals surface area contributed by atoms with Gasteiger partial charge in [-0.1, -0.05) is 18.6 Å². The van der Waals surface area contributed by atoms with Crippen LogP contribution in [0, 0.1) is 0 Å². The molecule has 1 aliphatic heterocycles. The zero-order valence-corrected chi connectivity index (χ0v) is 12.5. The van der Waals surface area contributed by atoms with Gasteiger partial charge in [-0.25, -0.2) is 0 Å². The number of hydrogen-bond donors (Lipinski definition) is 3. The van der Waals surface area contributed by atoms with Crippen molar-refractivity contribution < 1.29 is 4.79 Å². The number of anilines is 1. The molecule has 2 heterocycles. The first kappa shape index (κ1) is 15.5. The van der Waals surface area contributed by atoms with E-state index >= 15 is 0 Å². The molecule has 1 aromatic carbocycles. The van der Waals surface area contributed by atoms with Gasteiger partial charge in [0.25, 0.3) is 0 Å². The maximum Gasteiger partial charge on any atom is 0.241 e. The van der Waals surface area contributed by atoms with E-state index in [0.717, 1.165) is 42.8 Å². The van der Waals surface area contributed by atoms with Gasteiger partial charge in [0, 0.05) is 17.4 Å². The van der Waals surface area contributed by atoms with Crippen molar-refractivity contribution in [3.8, 4) is 11.3 Å². The van der Waals surface area contributed by atoms with Crippen molar-refractivity contribution in [1.82, 2.24) is 15.5 Å². The fourth-order valence-electron chi connectivity index (χ4n) is 2.49. The summed E-state index contributed by atoms with van der Waals surface area (Å²) in [7, 11) is 0. The maximum absolute atomic E-state index is 12.2. The molecule has 1 unspecified atom stereocenters. The number of hydrogen-bond acceptors (Lipinski definition) is 3. The predicted molar refractivity (Wildman–Crippen MR) is 85.5 cm³/mol. The zero-order valence-electron chi connectivity index (χ0n) is 11.6. The summed E-state index contributed by atoms with van der Waals surface area (Å²) in [5, 5.41) is 13.1. The molecule has 21 heavy (non-hydrogen) atoms. The first-order chi connectivity index (χ1) is 9.83. The number of amides is 1. The number of halogens is 1. The lowest BCUT2D eigenvalue weighted by molar-refractivity contribution is -0.118. The summed E-state index contributed by atoms with van der Waals surface area (Å²) in [4.78, 5) is 12.2. The average molecular weight is 307 g/mol. The highest BCUT2D eigenvalue weighted by Crippen LogP contribution is 2.20. The molecule has 112 valence electrons. The molecule has 0 aliphatic carbocycles. The highest BCUT2D eigenvalue weighted by molar-refractivity contribution is 5.95. The van der Waals surface area contributed by atoms with Gasteiger partial charge in [0.05, 0.1) is 11.7 Å². The average Bonchev–Trinajstić information content (AvgIpc) is 3.03. The number of H-pyrrole nitrogens is 1. The van der Waals surface area contributed by atoms with Gasteiger partial charge in [0.2, 0.25) is 5.91 Å². The Balaban J connectivity index is 0.00000161. The summed E-state index contributed by atoms with van der Waals surface area (Å²) < 4.78 is 0. The molecule has 6 heteroatoms. The summed E-state index contributed by atoms with van der Waals surface area (Å²) in [5.41, 5.74) is 2.77. The van der Waals surface area contributed by atoms with Crippen molar-refractivity contribution in [3.05, 3.63) is 36.5 Å². The van der Waals surface area contributed by atoms with Crippen LogP contribution in [-0.4, -0.2) is 28.7 Å². The van der Waals surface area contributed by atoms with E-state index in [9.17, 15) is 4.79 Å². The number of piperidine rings is 1. The summed E-state index contributed by atoms with van der Waals surface area (Å²) in [6, 6.07) is 9.61. The van der Waals surface area contributed by atoms with Crippen LogP contribution in [0.1, 0.15) is 19.3 Å². The largest absolute Gasteiger partial charge is 0.325 e. The summed E-state index contributed by atoms with van der Waals surface area (Å²) in [5.74, 6) is 0.0476. The first-order valence-electron chi connectivity index (χ1n) is 6.97. The Labute approximate surface area is 129 Å².